The average molecular weight is 162 g/mol. The normalized spacial score (nSPS) is 8.33. The summed E-state index contributed by atoms with van der Waals surface area (Å²) in [7, 11) is 0. The van der Waals surface area contributed by atoms with Crippen LogP contribution in [0.3, 0.4) is 0 Å². The van der Waals surface area contributed by atoms with Gasteiger partial charge in [-0.25, -0.2) is 4.98 Å². The molecule has 1 aromatic carbocycles. The Bertz CT molecular complexity index is 260. The first-order valence-electron chi connectivity index (χ1n) is 3.49. The number of hydrogen-bond acceptors (Lipinski definition) is 3. The number of aromatic amines is 1. The van der Waals surface area contributed by atoms with Crippen molar-refractivity contribution >= 4 is 5.69 Å². The summed E-state index contributed by atoms with van der Waals surface area (Å²) in [6.45, 7) is 0. The van der Waals surface area contributed by atoms with Crippen LogP contribution in [0.25, 0.3) is 0 Å². The van der Waals surface area contributed by atoms with Crippen LogP contribution in [0.4, 0.5) is 5.69 Å². The maximum Gasteiger partial charge on any atom is 0.137 e. The molecule has 0 aliphatic heterocycles. The van der Waals surface area contributed by atoms with Crippen LogP contribution in [0, 0.1) is 0 Å². The van der Waals surface area contributed by atoms with E-state index in [9.17, 15) is 0 Å². The molecule has 0 aliphatic carbocycles. The lowest BCUT2D eigenvalue weighted by Crippen LogP contribution is -1.79. The summed E-state index contributed by atoms with van der Waals surface area (Å²) in [6, 6.07) is 9.49. The minimum Gasteiger partial charge on any atom is -0.399 e. The topological polar surface area (TPSA) is 67.6 Å². The summed E-state index contributed by atoms with van der Waals surface area (Å²) < 4.78 is 0. The van der Waals surface area contributed by atoms with Crippen molar-refractivity contribution in [3.8, 4) is 0 Å². The molecule has 2 rings (SSSR count). The van der Waals surface area contributed by atoms with Gasteiger partial charge in [0.25, 0.3) is 0 Å². The molecular formula is C8H10N4. The molecule has 12 heavy (non-hydrogen) atoms. The highest BCUT2D eigenvalue weighted by atomic mass is 15.2. The van der Waals surface area contributed by atoms with E-state index >= 15 is 0 Å². The maximum atomic E-state index is 5.36. The van der Waals surface area contributed by atoms with Crippen molar-refractivity contribution < 1.29 is 0 Å². The molecule has 3 N–H and O–H groups in total. The molecule has 0 spiro atoms. The molecule has 4 nitrogen and oxygen atoms in total. The lowest BCUT2D eigenvalue weighted by Gasteiger charge is -1.83. The van der Waals surface area contributed by atoms with Gasteiger partial charge in [0.1, 0.15) is 12.7 Å². The molecule has 0 saturated carbocycles. The number of nitrogens with one attached hydrogen (secondary N) is 1. The molecule has 0 saturated heterocycles. The third-order valence-electron chi connectivity index (χ3n) is 1.13. The molecule has 1 aromatic heterocycles. The fourth-order valence-electron chi connectivity index (χ4n) is 0.620. The third-order valence-corrected chi connectivity index (χ3v) is 1.13. The van der Waals surface area contributed by atoms with E-state index in [0.717, 1.165) is 5.69 Å². The number of hydrogen-bond donors (Lipinski definition) is 2. The molecule has 0 fully saturated rings. The first-order valence-corrected chi connectivity index (χ1v) is 3.49. The molecule has 1 heterocycles. The second-order valence-electron chi connectivity index (χ2n) is 2.06. The Balaban J connectivity index is 0.000000127. The first-order chi connectivity index (χ1) is 5.89. The Morgan fingerprint density at radius 1 is 1.17 bits per heavy atom. The fourth-order valence-corrected chi connectivity index (χ4v) is 0.620. The van der Waals surface area contributed by atoms with E-state index in [2.05, 4.69) is 15.2 Å². The highest BCUT2D eigenvalue weighted by molar-refractivity contribution is 5.35. The molecule has 2 aromatic rings. The van der Waals surface area contributed by atoms with Crippen molar-refractivity contribution in [2.24, 2.45) is 0 Å². The van der Waals surface area contributed by atoms with E-state index in [-0.39, 0.29) is 0 Å². The molecular weight excluding hydrogens is 152 g/mol. The van der Waals surface area contributed by atoms with Gasteiger partial charge in [0, 0.05) is 5.69 Å². The summed E-state index contributed by atoms with van der Waals surface area (Å²) >= 11 is 0. The Kier molecular flexibility index (Phi) is 3.37. The number of H-pyrrole nitrogens is 1. The van der Waals surface area contributed by atoms with E-state index in [1.807, 2.05) is 30.3 Å². The van der Waals surface area contributed by atoms with Crippen molar-refractivity contribution in [1.82, 2.24) is 15.2 Å². The zero-order chi connectivity index (χ0) is 8.65. The minimum absolute atomic E-state index is 0.822. The number of para-hydroxylation sites is 1. The highest BCUT2D eigenvalue weighted by Crippen LogP contribution is 1.95. The SMILES string of the molecule is Nc1ccccc1.c1nc[nH]n1. The minimum atomic E-state index is 0.822. The van der Waals surface area contributed by atoms with Gasteiger partial charge in [0.15, 0.2) is 0 Å². The largest absolute Gasteiger partial charge is 0.399 e. The van der Waals surface area contributed by atoms with Gasteiger partial charge in [0.2, 0.25) is 0 Å². The molecule has 0 aliphatic rings. The van der Waals surface area contributed by atoms with Crippen LogP contribution >= 0.6 is 0 Å². The monoisotopic (exact) mass is 162 g/mol. The van der Waals surface area contributed by atoms with Gasteiger partial charge in [-0.3, -0.25) is 5.10 Å². The quantitative estimate of drug-likeness (QED) is 0.569. The van der Waals surface area contributed by atoms with Gasteiger partial charge in [-0.05, 0) is 12.1 Å². The van der Waals surface area contributed by atoms with Gasteiger partial charge in [-0.1, -0.05) is 18.2 Å². The van der Waals surface area contributed by atoms with Gasteiger partial charge in [-0.2, -0.15) is 5.10 Å². The van der Waals surface area contributed by atoms with Crippen LogP contribution in [0.5, 0.6) is 0 Å². The van der Waals surface area contributed by atoms with Crippen molar-refractivity contribution in [3.05, 3.63) is 43.0 Å². The van der Waals surface area contributed by atoms with Crippen molar-refractivity contribution in [1.29, 1.82) is 0 Å². The van der Waals surface area contributed by atoms with Crippen molar-refractivity contribution in [2.45, 2.75) is 0 Å². The van der Waals surface area contributed by atoms with Crippen LogP contribution in [-0.2, 0) is 0 Å². The molecule has 0 bridgehead atoms. The Morgan fingerprint density at radius 3 is 2.17 bits per heavy atom. The summed E-state index contributed by atoms with van der Waals surface area (Å²) in [4.78, 5) is 3.56. The fraction of sp³-hybridized carbons (Fsp3) is 0. The first kappa shape index (κ1) is 8.26. The Morgan fingerprint density at radius 2 is 1.92 bits per heavy atom. The molecule has 0 atom stereocenters. The third kappa shape index (κ3) is 3.36. The van der Waals surface area contributed by atoms with E-state index < -0.39 is 0 Å². The zero-order valence-corrected chi connectivity index (χ0v) is 6.51. The van der Waals surface area contributed by atoms with Gasteiger partial charge in [-0.15, -0.1) is 0 Å². The molecule has 0 amide bonds. The number of aromatic nitrogens is 3. The lowest BCUT2D eigenvalue weighted by molar-refractivity contribution is 1.09. The summed E-state index contributed by atoms with van der Waals surface area (Å²) in [5, 5.41) is 5.99. The molecule has 0 radical (unpaired) electrons. The number of benzene rings is 1. The number of nitrogens with two attached hydrogens (primary N) is 1. The van der Waals surface area contributed by atoms with Gasteiger partial charge in [0.05, 0.1) is 0 Å². The van der Waals surface area contributed by atoms with E-state index in [0.29, 0.717) is 0 Å². The van der Waals surface area contributed by atoms with Crippen LogP contribution in [0.1, 0.15) is 0 Å². The van der Waals surface area contributed by atoms with Crippen LogP contribution in [0.15, 0.2) is 43.0 Å². The lowest BCUT2D eigenvalue weighted by atomic mass is 10.3. The summed E-state index contributed by atoms with van der Waals surface area (Å²) in [5.41, 5.74) is 6.18. The standard InChI is InChI=1S/C6H7N.C2H3N3/c7-6-4-2-1-3-5-6;1-3-2-5-4-1/h1-5H,7H2;1-2H,(H,3,4,5). The van der Waals surface area contributed by atoms with Crippen LogP contribution in [-0.4, -0.2) is 15.2 Å². The number of nitrogens with zero attached hydrogens (tertiary/aromatic N) is 2. The Hall–Kier alpha value is -1.84. The number of rotatable bonds is 0. The molecule has 4 heteroatoms. The van der Waals surface area contributed by atoms with Crippen LogP contribution in [0.2, 0.25) is 0 Å². The Labute approximate surface area is 70.5 Å². The van der Waals surface area contributed by atoms with Gasteiger partial charge >= 0.3 is 0 Å². The zero-order valence-electron chi connectivity index (χ0n) is 6.51. The molecule has 62 valence electrons. The maximum absolute atomic E-state index is 5.36. The van der Waals surface area contributed by atoms with Gasteiger partial charge < -0.3 is 5.73 Å². The van der Waals surface area contributed by atoms with E-state index in [1.54, 1.807) is 0 Å². The summed E-state index contributed by atoms with van der Waals surface area (Å²) in [6.07, 6.45) is 2.96. The summed E-state index contributed by atoms with van der Waals surface area (Å²) in [5.74, 6) is 0. The molecule has 0 unspecified atom stereocenters. The second-order valence-corrected chi connectivity index (χ2v) is 2.06. The second kappa shape index (κ2) is 4.90. The van der Waals surface area contributed by atoms with E-state index in [1.165, 1.54) is 12.7 Å². The van der Waals surface area contributed by atoms with Crippen molar-refractivity contribution in [2.75, 3.05) is 5.73 Å². The predicted molar refractivity (Wildman–Crippen MR) is 47.2 cm³/mol. The predicted octanol–water partition coefficient (Wildman–Crippen LogP) is 1.07. The van der Waals surface area contributed by atoms with E-state index in [4.69, 9.17) is 5.73 Å². The average Bonchev–Trinajstić information content (AvgIpc) is 2.62. The number of anilines is 1. The smallest absolute Gasteiger partial charge is 0.137 e. The highest BCUT2D eigenvalue weighted by Gasteiger charge is 1.72. The van der Waals surface area contributed by atoms with Crippen molar-refractivity contribution in [3.63, 3.8) is 0 Å². The van der Waals surface area contributed by atoms with Crippen LogP contribution < -0.4 is 5.73 Å². The number of nitrogen functional groups attached to an aromatic ring is 1.